The van der Waals surface area contributed by atoms with Gasteiger partial charge < -0.3 is 10.1 Å². The third-order valence-corrected chi connectivity index (χ3v) is 6.02. The van der Waals surface area contributed by atoms with Gasteiger partial charge in [-0.05, 0) is 49.2 Å². The van der Waals surface area contributed by atoms with Crippen molar-refractivity contribution in [2.75, 3.05) is 23.7 Å². The van der Waals surface area contributed by atoms with Crippen LogP contribution >= 0.6 is 23.2 Å². The number of hydrogen-bond acceptors (Lipinski definition) is 4. The first-order valence-corrected chi connectivity index (χ1v) is 11.7. The van der Waals surface area contributed by atoms with Gasteiger partial charge in [-0.25, -0.2) is 8.42 Å². The minimum Gasteiger partial charge on any atom is -0.492 e. The summed E-state index contributed by atoms with van der Waals surface area (Å²) in [5.74, 6) is 0.226. The van der Waals surface area contributed by atoms with E-state index in [1.165, 1.54) is 24.6 Å². The average molecular weight is 459 g/mol. The van der Waals surface area contributed by atoms with Gasteiger partial charge in [0.2, 0.25) is 15.9 Å². The van der Waals surface area contributed by atoms with Crippen LogP contribution in [0, 0.1) is 0 Å². The van der Waals surface area contributed by atoms with Crippen molar-refractivity contribution in [3.63, 3.8) is 0 Å². The number of amides is 1. The molecule has 0 aromatic heterocycles. The number of anilines is 1. The van der Waals surface area contributed by atoms with Crippen LogP contribution in [0.4, 0.5) is 5.69 Å². The zero-order valence-corrected chi connectivity index (χ0v) is 18.8. The predicted molar refractivity (Wildman–Crippen MR) is 118 cm³/mol. The summed E-state index contributed by atoms with van der Waals surface area (Å²) in [5.41, 5.74) is 1.36. The molecule has 0 radical (unpaired) electrons. The zero-order valence-electron chi connectivity index (χ0n) is 16.5. The molecule has 0 aliphatic rings. The summed E-state index contributed by atoms with van der Waals surface area (Å²) in [5, 5.41) is 3.18. The third kappa shape index (κ3) is 6.52. The first kappa shape index (κ1) is 23.3. The summed E-state index contributed by atoms with van der Waals surface area (Å²) in [6.07, 6.45) is 1.96. The van der Waals surface area contributed by atoms with Crippen molar-refractivity contribution in [1.82, 2.24) is 5.32 Å². The summed E-state index contributed by atoms with van der Waals surface area (Å²) in [6, 6.07) is 11.1. The Morgan fingerprint density at radius 3 is 2.41 bits per heavy atom. The van der Waals surface area contributed by atoms with Gasteiger partial charge in [-0.15, -0.1) is 0 Å². The van der Waals surface area contributed by atoms with E-state index in [1.807, 2.05) is 24.3 Å². The molecule has 0 fully saturated rings. The molecule has 158 valence electrons. The second-order valence-electron chi connectivity index (χ2n) is 6.47. The average Bonchev–Trinajstić information content (AvgIpc) is 2.67. The number of halogens is 2. The number of aryl methyl sites for hydroxylation is 1. The van der Waals surface area contributed by atoms with E-state index in [1.54, 1.807) is 6.07 Å². The quantitative estimate of drug-likeness (QED) is 0.577. The van der Waals surface area contributed by atoms with Gasteiger partial charge in [0, 0.05) is 5.02 Å². The lowest BCUT2D eigenvalue weighted by molar-refractivity contribution is -0.121. The predicted octanol–water partition coefficient (Wildman–Crippen LogP) is 3.91. The lowest BCUT2D eigenvalue weighted by Gasteiger charge is -2.29. The van der Waals surface area contributed by atoms with Crippen LogP contribution in [0.5, 0.6) is 5.75 Å². The summed E-state index contributed by atoms with van der Waals surface area (Å²) in [6.45, 7) is 4.03. The van der Waals surface area contributed by atoms with E-state index in [0.29, 0.717) is 10.8 Å². The van der Waals surface area contributed by atoms with Crippen molar-refractivity contribution in [2.24, 2.45) is 0 Å². The molecule has 0 unspecified atom stereocenters. The molecule has 6 nitrogen and oxygen atoms in total. The second-order valence-corrected chi connectivity index (χ2v) is 9.17. The van der Waals surface area contributed by atoms with Gasteiger partial charge in [0.1, 0.15) is 18.4 Å². The molecule has 2 aromatic rings. The van der Waals surface area contributed by atoms with Gasteiger partial charge in [-0.1, -0.05) is 42.3 Å². The van der Waals surface area contributed by atoms with Gasteiger partial charge in [0.15, 0.2) is 0 Å². The first-order valence-electron chi connectivity index (χ1n) is 9.07. The fourth-order valence-corrected chi connectivity index (χ4v) is 4.35. The van der Waals surface area contributed by atoms with E-state index in [0.717, 1.165) is 17.0 Å². The molecule has 1 amide bonds. The number of carbonyl (C=O) groups excluding carboxylic acids is 1. The standard InChI is InChI=1S/C20H24Cl2N2O4S/c1-4-15-5-8-17(9-6-15)28-12-11-23-20(25)14(2)24(29(3,26)27)19-13-16(21)7-10-18(19)22/h5-10,13-14H,4,11-12H2,1-3H3,(H,23,25)/t14-/m0/s1. The molecule has 1 N–H and O–H groups in total. The minimum absolute atomic E-state index is 0.150. The number of rotatable bonds is 9. The summed E-state index contributed by atoms with van der Waals surface area (Å²) >= 11 is 12.1. The molecule has 0 heterocycles. The van der Waals surface area contributed by atoms with Crippen molar-refractivity contribution in [3.8, 4) is 5.75 Å². The molecular formula is C20H24Cl2N2O4S. The van der Waals surface area contributed by atoms with Crippen molar-refractivity contribution < 1.29 is 17.9 Å². The summed E-state index contributed by atoms with van der Waals surface area (Å²) < 4.78 is 31.2. The SMILES string of the molecule is CCc1ccc(OCCNC(=O)[C@H](C)N(c2cc(Cl)ccc2Cl)S(C)(=O)=O)cc1. The van der Waals surface area contributed by atoms with Crippen molar-refractivity contribution in [3.05, 3.63) is 58.1 Å². The van der Waals surface area contributed by atoms with E-state index in [2.05, 4.69) is 12.2 Å². The van der Waals surface area contributed by atoms with Crippen LogP contribution in [0.25, 0.3) is 0 Å². The highest BCUT2D eigenvalue weighted by Gasteiger charge is 2.30. The normalized spacial score (nSPS) is 12.3. The maximum atomic E-state index is 12.5. The Balaban J connectivity index is 2.01. The number of ether oxygens (including phenoxy) is 1. The number of nitrogens with one attached hydrogen (secondary N) is 1. The van der Waals surface area contributed by atoms with Gasteiger partial charge >= 0.3 is 0 Å². The van der Waals surface area contributed by atoms with E-state index in [9.17, 15) is 13.2 Å². The fraction of sp³-hybridized carbons (Fsp3) is 0.350. The maximum Gasteiger partial charge on any atom is 0.243 e. The lowest BCUT2D eigenvalue weighted by atomic mass is 10.2. The number of benzene rings is 2. The molecule has 9 heteroatoms. The molecule has 0 bridgehead atoms. The van der Waals surface area contributed by atoms with Crippen molar-refractivity contribution in [2.45, 2.75) is 26.3 Å². The van der Waals surface area contributed by atoms with Crippen LogP contribution in [-0.2, 0) is 21.2 Å². The number of sulfonamides is 1. The molecule has 0 saturated heterocycles. The van der Waals surface area contributed by atoms with Gasteiger partial charge in [0.05, 0.1) is 23.5 Å². The summed E-state index contributed by atoms with van der Waals surface area (Å²) in [7, 11) is -3.78. The van der Waals surface area contributed by atoms with Gasteiger partial charge in [-0.2, -0.15) is 0 Å². The summed E-state index contributed by atoms with van der Waals surface area (Å²) in [4.78, 5) is 12.5. The van der Waals surface area contributed by atoms with E-state index >= 15 is 0 Å². The number of hydrogen-bond donors (Lipinski definition) is 1. The molecule has 0 spiro atoms. The van der Waals surface area contributed by atoms with Crippen LogP contribution in [0.3, 0.4) is 0 Å². The molecule has 2 rings (SSSR count). The zero-order chi connectivity index (χ0) is 21.6. The van der Waals surface area contributed by atoms with Crippen LogP contribution < -0.4 is 14.4 Å². The second kappa shape index (κ2) is 10.2. The van der Waals surface area contributed by atoms with Crippen LogP contribution in [-0.4, -0.2) is 39.8 Å². The number of nitrogens with zero attached hydrogens (tertiary/aromatic N) is 1. The Hall–Kier alpha value is -1.96. The van der Waals surface area contributed by atoms with Gasteiger partial charge in [-0.3, -0.25) is 9.10 Å². The largest absolute Gasteiger partial charge is 0.492 e. The Morgan fingerprint density at radius 2 is 1.83 bits per heavy atom. The molecule has 0 aliphatic carbocycles. The smallest absolute Gasteiger partial charge is 0.243 e. The monoisotopic (exact) mass is 458 g/mol. The van der Waals surface area contributed by atoms with Crippen LogP contribution in [0.1, 0.15) is 19.4 Å². The Morgan fingerprint density at radius 1 is 1.17 bits per heavy atom. The fourth-order valence-electron chi connectivity index (χ4n) is 2.75. The molecule has 29 heavy (non-hydrogen) atoms. The highest BCUT2D eigenvalue weighted by Crippen LogP contribution is 2.32. The highest BCUT2D eigenvalue weighted by atomic mass is 35.5. The Labute approximate surface area is 181 Å². The molecular weight excluding hydrogens is 435 g/mol. The minimum atomic E-state index is -3.78. The highest BCUT2D eigenvalue weighted by molar-refractivity contribution is 7.92. The number of carbonyl (C=O) groups is 1. The molecule has 0 aliphatic heterocycles. The van der Waals surface area contributed by atoms with Crippen molar-refractivity contribution in [1.29, 1.82) is 0 Å². The maximum absolute atomic E-state index is 12.5. The lowest BCUT2D eigenvalue weighted by Crippen LogP contribution is -2.48. The third-order valence-electron chi connectivity index (χ3n) is 4.24. The van der Waals surface area contributed by atoms with Crippen LogP contribution in [0.15, 0.2) is 42.5 Å². The van der Waals surface area contributed by atoms with Crippen molar-refractivity contribution >= 4 is 44.8 Å². The molecule has 0 saturated carbocycles. The van der Waals surface area contributed by atoms with Crippen LogP contribution in [0.2, 0.25) is 10.0 Å². The topological polar surface area (TPSA) is 75.7 Å². The van der Waals surface area contributed by atoms with E-state index < -0.39 is 22.0 Å². The van der Waals surface area contributed by atoms with E-state index in [4.69, 9.17) is 27.9 Å². The first-order chi connectivity index (χ1) is 13.6. The van der Waals surface area contributed by atoms with Gasteiger partial charge in [0.25, 0.3) is 0 Å². The molecule has 2 aromatic carbocycles. The van der Waals surface area contributed by atoms with E-state index in [-0.39, 0.29) is 23.9 Å². The molecule has 1 atom stereocenters. The Kier molecular flexibility index (Phi) is 8.19. The Bertz CT molecular complexity index is 949.